The van der Waals surface area contributed by atoms with Gasteiger partial charge in [0.2, 0.25) is 0 Å². The van der Waals surface area contributed by atoms with Crippen molar-refractivity contribution in [1.82, 2.24) is 0 Å². The fraction of sp³-hybridized carbons (Fsp3) is 0.364. The highest BCUT2D eigenvalue weighted by Crippen LogP contribution is 2.26. The maximum Gasteiger partial charge on any atom is 0.166 e. The van der Waals surface area contributed by atoms with Crippen molar-refractivity contribution in [3.05, 3.63) is 34.9 Å². The number of hydrogen-bond donors (Lipinski definition) is 0. The van der Waals surface area contributed by atoms with Crippen molar-refractivity contribution in [2.24, 2.45) is 5.92 Å². The third-order valence-corrected chi connectivity index (χ3v) is 3.84. The first-order valence-electron chi connectivity index (χ1n) is 4.65. The summed E-state index contributed by atoms with van der Waals surface area (Å²) < 4.78 is 0. The van der Waals surface area contributed by atoms with E-state index in [1.807, 2.05) is 23.9 Å². The molecule has 1 fully saturated rings. The standard InChI is InChI=1S/C11H11ClOS/c12-10-3-1-8(2-4-10)11(13)9-5-6-14-7-9/h1-4,9H,5-7H2. The molecule has 0 N–H and O–H groups in total. The van der Waals surface area contributed by atoms with Crippen molar-refractivity contribution < 1.29 is 4.79 Å². The Labute approximate surface area is 92.8 Å². The van der Waals surface area contributed by atoms with E-state index in [0.29, 0.717) is 5.02 Å². The number of carbonyl (C=O) groups is 1. The van der Waals surface area contributed by atoms with Gasteiger partial charge in [0.15, 0.2) is 5.78 Å². The van der Waals surface area contributed by atoms with Crippen LogP contribution in [0.3, 0.4) is 0 Å². The van der Waals surface area contributed by atoms with Gasteiger partial charge in [0.25, 0.3) is 0 Å². The quantitative estimate of drug-likeness (QED) is 0.720. The van der Waals surface area contributed by atoms with Gasteiger partial charge in [-0.3, -0.25) is 4.79 Å². The maximum absolute atomic E-state index is 11.9. The molecular formula is C11H11ClOS. The number of thioether (sulfide) groups is 1. The summed E-state index contributed by atoms with van der Waals surface area (Å²) in [5.74, 6) is 2.58. The molecule has 0 bridgehead atoms. The summed E-state index contributed by atoms with van der Waals surface area (Å²) in [5.41, 5.74) is 0.793. The molecule has 0 saturated carbocycles. The fourth-order valence-electron chi connectivity index (χ4n) is 1.59. The van der Waals surface area contributed by atoms with E-state index in [1.54, 1.807) is 12.1 Å². The van der Waals surface area contributed by atoms with Gasteiger partial charge < -0.3 is 0 Å². The minimum absolute atomic E-state index is 0.223. The summed E-state index contributed by atoms with van der Waals surface area (Å²) in [6.45, 7) is 0. The van der Waals surface area contributed by atoms with Crippen molar-refractivity contribution in [1.29, 1.82) is 0 Å². The number of rotatable bonds is 2. The van der Waals surface area contributed by atoms with Crippen LogP contribution in [-0.2, 0) is 0 Å². The van der Waals surface area contributed by atoms with E-state index in [-0.39, 0.29) is 11.7 Å². The van der Waals surface area contributed by atoms with Crippen molar-refractivity contribution in [2.45, 2.75) is 6.42 Å². The van der Waals surface area contributed by atoms with Crippen molar-refractivity contribution in [2.75, 3.05) is 11.5 Å². The zero-order valence-corrected chi connectivity index (χ0v) is 9.27. The highest BCUT2D eigenvalue weighted by molar-refractivity contribution is 7.99. The van der Waals surface area contributed by atoms with E-state index in [4.69, 9.17) is 11.6 Å². The summed E-state index contributed by atoms with van der Waals surface area (Å²) >= 11 is 7.62. The van der Waals surface area contributed by atoms with Crippen LogP contribution in [-0.4, -0.2) is 17.3 Å². The third-order valence-electron chi connectivity index (χ3n) is 2.43. The summed E-state index contributed by atoms with van der Waals surface area (Å²) in [6, 6.07) is 7.18. The molecule has 1 aromatic carbocycles. The summed E-state index contributed by atoms with van der Waals surface area (Å²) in [6.07, 6.45) is 1.02. The van der Waals surface area contributed by atoms with Gasteiger partial charge in [-0.15, -0.1) is 0 Å². The largest absolute Gasteiger partial charge is 0.294 e. The molecule has 14 heavy (non-hydrogen) atoms. The minimum Gasteiger partial charge on any atom is -0.294 e. The molecule has 0 aliphatic carbocycles. The Bertz CT molecular complexity index is 328. The summed E-state index contributed by atoms with van der Waals surface area (Å²) in [5, 5.41) is 0.683. The number of Topliss-reactive ketones (excluding diaryl/α,β-unsaturated/α-hetero) is 1. The lowest BCUT2D eigenvalue weighted by Crippen LogP contribution is -2.13. The van der Waals surface area contributed by atoms with Crippen LogP contribution in [0, 0.1) is 5.92 Å². The van der Waals surface area contributed by atoms with Gasteiger partial charge in [-0.1, -0.05) is 11.6 Å². The van der Waals surface area contributed by atoms with Crippen molar-refractivity contribution in [3.63, 3.8) is 0 Å². The predicted octanol–water partition coefficient (Wildman–Crippen LogP) is 3.28. The fourth-order valence-corrected chi connectivity index (χ4v) is 2.94. The Balaban J connectivity index is 2.14. The molecule has 0 spiro atoms. The highest BCUT2D eigenvalue weighted by atomic mass is 35.5. The lowest BCUT2D eigenvalue weighted by Gasteiger charge is -2.06. The predicted molar refractivity (Wildman–Crippen MR) is 61.2 cm³/mol. The van der Waals surface area contributed by atoms with Crippen LogP contribution >= 0.6 is 23.4 Å². The van der Waals surface area contributed by atoms with Crippen LogP contribution in [0.1, 0.15) is 16.8 Å². The van der Waals surface area contributed by atoms with E-state index < -0.39 is 0 Å². The SMILES string of the molecule is O=C(c1ccc(Cl)cc1)C1CCSC1. The van der Waals surface area contributed by atoms with E-state index in [1.165, 1.54) is 0 Å². The van der Waals surface area contributed by atoms with E-state index >= 15 is 0 Å². The van der Waals surface area contributed by atoms with Crippen LogP contribution < -0.4 is 0 Å². The number of benzene rings is 1. The maximum atomic E-state index is 11.9. The molecule has 1 heterocycles. The van der Waals surface area contributed by atoms with E-state index in [2.05, 4.69) is 0 Å². The molecule has 0 radical (unpaired) electrons. The van der Waals surface area contributed by atoms with Gasteiger partial charge in [0, 0.05) is 22.3 Å². The molecule has 1 aliphatic heterocycles. The topological polar surface area (TPSA) is 17.1 Å². The number of carbonyl (C=O) groups excluding carboxylic acids is 1. The third kappa shape index (κ3) is 2.12. The highest BCUT2D eigenvalue weighted by Gasteiger charge is 2.23. The Hall–Kier alpha value is -0.470. The number of halogens is 1. The van der Waals surface area contributed by atoms with Crippen LogP contribution in [0.2, 0.25) is 5.02 Å². The van der Waals surface area contributed by atoms with Crippen LogP contribution in [0.15, 0.2) is 24.3 Å². The molecule has 1 aromatic rings. The van der Waals surface area contributed by atoms with Crippen molar-refractivity contribution >= 4 is 29.1 Å². The molecule has 0 amide bonds. The molecule has 2 rings (SSSR count). The molecule has 1 aliphatic rings. The molecule has 1 saturated heterocycles. The van der Waals surface area contributed by atoms with Crippen molar-refractivity contribution in [3.8, 4) is 0 Å². The number of ketones is 1. The molecule has 3 heteroatoms. The molecular weight excluding hydrogens is 216 g/mol. The van der Waals surface area contributed by atoms with E-state index in [9.17, 15) is 4.79 Å². The van der Waals surface area contributed by atoms with Gasteiger partial charge in [0.1, 0.15) is 0 Å². The second-order valence-electron chi connectivity index (χ2n) is 3.43. The first-order valence-corrected chi connectivity index (χ1v) is 6.18. The average Bonchev–Trinajstić information content (AvgIpc) is 2.71. The van der Waals surface area contributed by atoms with Crippen LogP contribution in [0.5, 0.6) is 0 Å². The lowest BCUT2D eigenvalue weighted by molar-refractivity contribution is 0.0934. The molecule has 0 aromatic heterocycles. The molecule has 74 valence electrons. The van der Waals surface area contributed by atoms with E-state index in [0.717, 1.165) is 23.5 Å². The summed E-state index contributed by atoms with van der Waals surface area (Å²) in [4.78, 5) is 11.9. The normalized spacial score (nSPS) is 21.1. The first-order chi connectivity index (χ1) is 6.77. The lowest BCUT2D eigenvalue weighted by atomic mass is 9.97. The zero-order valence-electron chi connectivity index (χ0n) is 7.70. The average molecular weight is 227 g/mol. The smallest absolute Gasteiger partial charge is 0.166 e. The minimum atomic E-state index is 0.223. The van der Waals surface area contributed by atoms with Crippen LogP contribution in [0.25, 0.3) is 0 Å². The van der Waals surface area contributed by atoms with Gasteiger partial charge in [0.05, 0.1) is 0 Å². The second kappa shape index (κ2) is 4.37. The molecule has 1 atom stereocenters. The van der Waals surface area contributed by atoms with Gasteiger partial charge in [-0.2, -0.15) is 11.8 Å². The first kappa shape index (κ1) is 10.1. The Morgan fingerprint density at radius 3 is 2.64 bits per heavy atom. The Kier molecular flexibility index (Phi) is 3.14. The van der Waals surface area contributed by atoms with Gasteiger partial charge >= 0.3 is 0 Å². The second-order valence-corrected chi connectivity index (χ2v) is 5.02. The Morgan fingerprint density at radius 2 is 2.07 bits per heavy atom. The molecule has 1 nitrogen and oxygen atoms in total. The van der Waals surface area contributed by atoms with Gasteiger partial charge in [-0.25, -0.2) is 0 Å². The van der Waals surface area contributed by atoms with Crippen LogP contribution in [0.4, 0.5) is 0 Å². The van der Waals surface area contributed by atoms with Gasteiger partial charge in [-0.05, 0) is 36.4 Å². The number of hydrogen-bond acceptors (Lipinski definition) is 2. The Morgan fingerprint density at radius 1 is 1.36 bits per heavy atom. The summed E-state index contributed by atoms with van der Waals surface area (Å²) in [7, 11) is 0. The zero-order chi connectivity index (χ0) is 9.97. The molecule has 1 unspecified atom stereocenters. The monoisotopic (exact) mass is 226 g/mol.